The SMILES string of the molecule is C/C1=C/C=C\C(c2ccc3nccc(N4CCOCC4)c3c2)=C(\c2cccc(C)c2)NC1. The third-order valence-electron chi connectivity index (χ3n) is 6.15. The van der Waals surface area contributed by atoms with E-state index in [2.05, 4.69) is 95.8 Å². The van der Waals surface area contributed by atoms with Gasteiger partial charge in [0.05, 0.1) is 18.7 Å². The van der Waals surface area contributed by atoms with Crippen molar-refractivity contribution >= 4 is 27.9 Å². The van der Waals surface area contributed by atoms with Crippen molar-refractivity contribution in [3.63, 3.8) is 0 Å². The Kier molecular flexibility index (Phi) is 5.78. The Hall–Kier alpha value is -3.37. The number of nitrogens with one attached hydrogen (secondary N) is 1. The monoisotopic (exact) mass is 423 g/mol. The first-order chi connectivity index (χ1) is 15.7. The van der Waals surface area contributed by atoms with E-state index in [9.17, 15) is 0 Å². The maximum Gasteiger partial charge on any atom is 0.0723 e. The smallest absolute Gasteiger partial charge is 0.0723 e. The molecule has 0 unspecified atom stereocenters. The van der Waals surface area contributed by atoms with Crippen molar-refractivity contribution in [1.29, 1.82) is 0 Å². The third kappa shape index (κ3) is 4.19. The summed E-state index contributed by atoms with van der Waals surface area (Å²) < 4.78 is 5.57. The number of allylic oxidation sites excluding steroid dienone is 4. The molecular weight excluding hydrogens is 394 g/mol. The van der Waals surface area contributed by atoms with Crippen LogP contribution in [-0.4, -0.2) is 37.8 Å². The maximum absolute atomic E-state index is 5.57. The van der Waals surface area contributed by atoms with Crippen molar-refractivity contribution in [3.05, 3.63) is 95.2 Å². The molecule has 5 rings (SSSR count). The highest BCUT2D eigenvalue weighted by molar-refractivity contribution is 6.00. The molecule has 2 aromatic carbocycles. The van der Waals surface area contributed by atoms with Gasteiger partial charge in [-0.1, -0.05) is 53.6 Å². The van der Waals surface area contributed by atoms with Gasteiger partial charge >= 0.3 is 0 Å². The molecule has 0 bridgehead atoms. The Morgan fingerprint density at radius 1 is 0.969 bits per heavy atom. The fraction of sp³-hybridized carbons (Fsp3) is 0.250. The third-order valence-corrected chi connectivity index (χ3v) is 6.15. The first kappa shape index (κ1) is 20.5. The summed E-state index contributed by atoms with van der Waals surface area (Å²) in [4.78, 5) is 7.05. The molecule has 3 aromatic rings. The summed E-state index contributed by atoms with van der Waals surface area (Å²) in [5.41, 5.74) is 9.57. The maximum atomic E-state index is 5.57. The van der Waals surface area contributed by atoms with Gasteiger partial charge in [-0.15, -0.1) is 0 Å². The number of hydrogen-bond donors (Lipinski definition) is 1. The molecule has 0 spiro atoms. The highest BCUT2D eigenvalue weighted by Crippen LogP contribution is 2.33. The van der Waals surface area contributed by atoms with Gasteiger partial charge in [0.1, 0.15) is 0 Å². The zero-order chi connectivity index (χ0) is 21.9. The van der Waals surface area contributed by atoms with Gasteiger partial charge in [0.25, 0.3) is 0 Å². The quantitative estimate of drug-likeness (QED) is 0.616. The number of rotatable bonds is 3. The molecule has 0 aliphatic carbocycles. The molecule has 162 valence electrons. The summed E-state index contributed by atoms with van der Waals surface area (Å²) >= 11 is 0. The topological polar surface area (TPSA) is 37.4 Å². The minimum absolute atomic E-state index is 0.768. The minimum Gasteiger partial charge on any atom is -0.380 e. The zero-order valence-corrected chi connectivity index (χ0v) is 18.8. The van der Waals surface area contributed by atoms with Crippen LogP contribution >= 0.6 is 0 Å². The molecule has 0 saturated carbocycles. The fourth-order valence-corrected chi connectivity index (χ4v) is 4.45. The van der Waals surface area contributed by atoms with Crippen LogP contribution in [0.5, 0.6) is 0 Å². The van der Waals surface area contributed by atoms with E-state index in [-0.39, 0.29) is 0 Å². The molecule has 2 aliphatic heterocycles. The molecule has 2 aliphatic rings. The highest BCUT2D eigenvalue weighted by atomic mass is 16.5. The highest BCUT2D eigenvalue weighted by Gasteiger charge is 2.17. The average Bonchev–Trinajstić information content (AvgIpc) is 2.81. The first-order valence-corrected chi connectivity index (χ1v) is 11.3. The fourth-order valence-electron chi connectivity index (χ4n) is 4.45. The molecule has 1 fully saturated rings. The lowest BCUT2D eigenvalue weighted by Gasteiger charge is -2.29. The Balaban J connectivity index is 1.68. The van der Waals surface area contributed by atoms with Gasteiger partial charge in [0.2, 0.25) is 0 Å². The van der Waals surface area contributed by atoms with Gasteiger partial charge in [0, 0.05) is 48.2 Å². The van der Waals surface area contributed by atoms with Crippen LogP contribution < -0.4 is 10.2 Å². The summed E-state index contributed by atoms with van der Waals surface area (Å²) in [6, 6.07) is 17.5. The van der Waals surface area contributed by atoms with Crippen molar-refractivity contribution in [2.45, 2.75) is 13.8 Å². The molecule has 0 atom stereocenters. The lowest BCUT2D eigenvalue weighted by Crippen LogP contribution is -2.36. The molecule has 0 radical (unpaired) electrons. The second-order valence-electron chi connectivity index (χ2n) is 8.55. The van der Waals surface area contributed by atoms with Crippen LogP contribution in [0.1, 0.15) is 23.6 Å². The van der Waals surface area contributed by atoms with E-state index in [1.165, 1.54) is 38.9 Å². The Morgan fingerprint density at radius 2 is 1.84 bits per heavy atom. The van der Waals surface area contributed by atoms with E-state index < -0.39 is 0 Å². The van der Waals surface area contributed by atoms with E-state index in [4.69, 9.17) is 4.74 Å². The van der Waals surface area contributed by atoms with Gasteiger partial charge < -0.3 is 15.0 Å². The number of hydrogen-bond acceptors (Lipinski definition) is 4. The van der Waals surface area contributed by atoms with Crippen LogP contribution in [0.25, 0.3) is 22.2 Å². The van der Waals surface area contributed by atoms with E-state index in [0.717, 1.165) is 44.1 Å². The van der Waals surface area contributed by atoms with Gasteiger partial charge in [-0.25, -0.2) is 0 Å². The van der Waals surface area contributed by atoms with Crippen LogP contribution in [0.15, 0.2) is 78.5 Å². The molecule has 1 aromatic heterocycles. The van der Waals surface area contributed by atoms with Crippen LogP contribution in [0.4, 0.5) is 5.69 Å². The van der Waals surface area contributed by atoms with Gasteiger partial charge in [-0.2, -0.15) is 0 Å². The lowest BCUT2D eigenvalue weighted by molar-refractivity contribution is 0.123. The van der Waals surface area contributed by atoms with Crippen molar-refractivity contribution in [2.75, 3.05) is 37.7 Å². The molecular formula is C28H29N3O. The number of fused-ring (bicyclic) bond motifs is 1. The van der Waals surface area contributed by atoms with Crippen LogP contribution in [0, 0.1) is 6.92 Å². The number of aromatic nitrogens is 1. The summed E-state index contributed by atoms with van der Waals surface area (Å²) in [5.74, 6) is 0. The van der Waals surface area contributed by atoms with Crippen LogP contribution in [0.3, 0.4) is 0 Å². The summed E-state index contributed by atoms with van der Waals surface area (Å²) in [5, 5.41) is 4.89. The molecule has 4 heteroatoms. The number of benzene rings is 2. The number of ether oxygens (including phenoxy) is 1. The predicted octanol–water partition coefficient (Wildman–Crippen LogP) is 5.35. The number of anilines is 1. The van der Waals surface area contributed by atoms with Crippen LogP contribution in [0.2, 0.25) is 0 Å². The normalized spacial score (nSPS) is 21.9. The molecule has 32 heavy (non-hydrogen) atoms. The summed E-state index contributed by atoms with van der Waals surface area (Å²) in [6.07, 6.45) is 8.48. The van der Waals surface area contributed by atoms with Gasteiger partial charge in [0.15, 0.2) is 0 Å². The minimum atomic E-state index is 0.768. The second-order valence-corrected chi connectivity index (χ2v) is 8.55. The molecule has 0 amide bonds. The molecule has 1 saturated heterocycles. The number of pyridine rings is 1. The van der Waals surface area contributed by atoms with E-state index >= 15 is 0 Å². The standard InChI is InChI=1S/C28H29N3O/c1-20-5-3-7-23(17-20)28-24(8-4-6-21(2)19-30-28)22-9-10-26-25(18-22)27(11-12-29-26)31-13-15-32-16-14-31/h3-12,17-18,30H,13-16,19H2,1-2H3/b8-4-,21-6-,28-24+. The summed E-state index contributed by atoms with van der Waals surface area (Å²) in [7, 11) is 0. The van der Waals surface area contributed by atoms with E-state index in [1.54, 1.807) is 0 Å². The zero-order valence-electron chi connectivity index (χ0n) is 18.8. The summed E-state index contributed by atoms with van der Waals surface area (Å²) in [6.45, 7) is 8.48. The largest absolute Gasteiger partial charge is 0.380 e. The van der Waals surface area contributed by atoms with Crippen molar-refractivity contribution in [3.8, 4) is 0 Å². The average molecular weight is 424 g/mol. The molecule has 1 N–H and O–H groups in total. The first-order valence-electron chi connectivity index (χ1n) is 11.3. The Labute approximate surface area is 189 Å². The Morgan fingerprint density at radius 3 is 2.69 bits per heavy atom. The van der Waals surface area contributed by atoms with Gasteiger partial charge in [-0.3, -0.25) is 4.98 Å². The Bertz CT molecular complexity index is 1230. The van der Waals surface area contributed by atoms with Crippen molar-refractivity contribution < 1.29 is 4.74 Å². The lowest BCUT2D eigenvalue weighted by atomic mass is 9.95. The van der Waals surface area contributed by atoms with E-state index in [1.807, 2.05) is 6.20 Å². The predicted molar refractivity (Wildman–Crippen MR) is 134 cm³/mol. The van der Waals surface area contributed by atoms with E-state index in [0.29, 0.717) is 0 Å². The van der Waals surface area contributed by atoms with Gasteiger partial charge in [-0.05, 0) is 49.2 Å². The number of nitrogens with zero attached hydrogens (tertiary/aromatic N) is 2. The van der Waals surface area contributed by atoms with Crippen molar-refractivity contribution in [1.82, 2.24) is 10.3 Å². The van der Waals surface area contributed by atoms with Crippen LogP contribution in [-0.2, 0) is 4.74 Å². The molecule has 3 heterocycles. The van der Waals surface area contributed by atoms with Crippen molar-refractivity contribution in [2.24, 2.45) is 0 Å². The second kappa shape index (κ2) is 9.01. The number of aryl methyl sites for hydroxylation is 1. The number of morpholine rings is 1. The molecule has 4 nitrogen and oxygen atoms in total.